The van der Waals surface area contributed by atoms with Crippen molar-refractivity contribution in [2.45, 2.75) is 12.3 Å². The second kappa shape index (κ2) is 4.80. The van der Waals surface area contributed by atoms with Crippen LogP contribution in [-0.4, -0.2) is 13.1 Å². The van der Waals surface area contributed by atoms with Gasteiger partial charge in [0.05, 0.1) is 17.7 Å². The number of esters is 1. The maximum atomic E-state index is 11.3. The molecular formula is C10H10BrClO2. The van der Waals surface area contributed by atoms with Crippen molar-refractivity contribution in [3.8, 4) is 0 Å². The van der Waals surface area contributed by atoms with Crippen LogP contribution in [0.1, 0.15) is 21.5 Å². The third kappa shape index (κ3) is 2.28. The van der Waals surface area contributed by atoms with Crippen LogP contribution in [0.4, 0.5) is 0 Å². The maximum absolute atomic E-state index is 11.3. The van der Waals surface area contributed by atoms with Gasteiger partial charge in [-0.1, -0.05) is 33.6 Å². The average Bonchev–Trinajstić information content (AvgIpc) is 2.19. The molecule has 14 heavy (non-hydrogen) atoms. The molecule has 1 rings (SSSR count). The van der Waals surface area contributed by atoms with Crippen molar-refractivity contribution in [1.82, 2.24) is 0 Å². The molecule has 0 radical (unpaired) electrons. The van der Waals surface area contributed by atoms with Gasteiger partial charge in [0.25, 0.3) is 0 Å². The van der Waals surface area contributed by atoms with Crippen molar-refractivity contribution in [3.63, 3.8) is 0 Å². The van der Waals surface area contributed by atoms with Crippen molar-refractivity contribution in [1.29, 1.82) is 0 Å². The highest BCUT2D eigenvalue weighted by molar-refractivity contribution is 9.08. The van der Waals surface area contributed by atoms with E-state index in [4.69, 9.17) is 11.6 Å². The fourth-order valence-corrected chi connectivity index (χ4v) is 2.06. The van der Waals surface area contributed by atoms with Gasteiger partial charge in [0.2, 0.25) is 0 Å². The normalized spacial score (nSPS) is 10.0. The number of aryl methyl sites for hydroxylation is 1. The van der Waals surface area contributed by atoms with Crippen LogP contribution < -0.4 is 0 Å². The third-order valence-electron chi connectivity index (χ3n) is 1.84. The first-order valence-corrected chi connectivity index (χ1v) is 5.53. The number of benzene rings is 1. The summed E-state index contributed by atoms with van der Waals surface area (Å²) in [5.74, 6) is -0.402. The number of carbonyl (C=O) groups excluding carboxylic acids is 1. The van der Waals surface area contributed by atoms with Crippen molar-refractivity contribution >= 4 is 33.5 Å². The molecule has 0 aliphatic heterocycles. The summed E-state index contributed by atoms with van der Waals surface area (Å²) in [7, 11) is 1.34. The van der Waals surface area contributed by atoms with Gasteiger partial charge in [-0.05, 0) is 24.1 Å². The number of rotatable bonds is 2. The number of methoxy groups -OCH3 is 1. The Hall–Kier alpha value is -0.540. The van der Waals surface area contributed by atoms with Crippen LogP contribution >= 0.6 is 27.5 Å². The molecule has 0 heterocycles. The summed E-state index contributed by atoms with van der Waals surface area (Å²) in [5, 5.41) is 1.08. The molecule has 0 N–H and O–H groups in total. The quantitative estimate of drug-likeness (QED) is 0.612. The molecule has 0 aromatic heterocycles. The number of halogens is 2. The molecule has 0 unspecified atom stereocenters. The van der Waals surface area contributed by atoms with E-state index in [-0.39, 0.29) is 0 Å². The fourth-order valence-electron chi connectivity index (χ4n) is 1.20. The summed E-state index contributed by atoms with van der Waals surface area (Å²) in [4.78, 5) is 11.3. The van der Waals surface area contributed by atoms with Gasteiger partial charge in [0.15, 0.2) is 0 Å². The molecule has 0 aliphatic carbocycles. The summed E-state index contributed by atoms with van der Waals surface area (Å²) in [6.07, 6.45) is 0. The summed E-state index contributed by atoms with van der Waals surface area (Å²) in [5.41, 5.74) is 2.31. The first kappa shape index (κ1) is 11.5. The molecule has 0 bridgehead atoms. The minimum absolute atomic E-state index is 0.402. The van der Waals surface area contributed by atoms with E-state index >= 15 is 0 Å². The first-order chi connectivity index (χ1) is 6.60. The molecule has 0 amide bonds. The zero-order valence-electron chi connectivity index (χ0n) is 7.93. The Kier molecular flexibility index (Phi) is 3.96. The topological polar surface area (TPSA) is 26.3 Å². The Morgan fingerprint density at radius 3 is 2.71 bits per heavy atom. The Bertz CT molecular complexity index is 363. The molecule has 1 aromatic carbocycles. The molecular weight excluding hydrogens is 267 g/mol. The second-order valence-electron chi connectivity index (χ2n) is 2.91. The summed E-state index contributed by atoms with van der Waals surface area (Å²) in [6, 6.07) is 3.66. The number of hydrogen-bond acceptors (Lipinski definition) is 2. The molecule has 0 atom stereocenters. The first-order valence-electron chi connectivity index (χ1n) is 4.03. The predicted molar refractivity (Wildman–Crippen MR) is 60.2 cm³/mol. The van der Waals surface area contributed by atoms with E-state index < -0.39 is 5.97 Å². The molecule has 4 heteroatoms. The van der Waals surface area contributed by atoms with Crippen molar-refractivity contribution in [2.75, 3.05) is 7.11 Å². The second-order valence-corrected chi connectivity index (χ2v) is 3.85. The van der Waals surface area contributed by atoms with Gasteiger partial charge in [-0.15, -0.1) is 0 Å². The molecule has 76 valence electrons. The maximum Gasteiger partial charge on any atom is 0.339 e. The Morgan fingerprint density at radius 2 is 2.21 bits per heavy atom. The van der Waals surface area contributed by atoms with Gasteiger partial charge in [0, 0.05) is 5.33 Å². The van der Waals surface area contributed by atoms with Gasteiger partial charge in [-0.25, -0.2) is 4.79 Å². The molecule has 0 saturated heterocycles. The SMILES string of the molecule is COC(=O)c1cc(C)cc(CBr)c1Cl. The molecule has 0 saturated carbocycles. The molecule has 2 nitrogen and oxygen atoms in total. The minimum atomic E-state index is -0.402. The third-order valence-corrected chi connectivity index (χ3v) is 2.89. The summed E-state index contributed by atoms with van der Waals surface area (Å²) in [6.45, 7) is 1.91. The van der Waals surface area contributed by atoms with Gasteiger partial charge < -0.3 is 4.74 Å². The van der Waals surface area contributed by atoms with Crippen LogP contribution in [0.3, 0.4) is 0 Å². The predicted octanol–water partition coefficient (Wildman–Crippen LogP) is 3.33. The summed E-state index contributed by atoms with van der Waals surface area (Å²) >= 11 is 9.33. The van der Waals surface area contributed by atoms with E-state index in [1.165, 1.54) is 7.11 Å². The van der Waals surface area contributed by atoms with E-state index in [2.05, 4.69) is 20.7 Å². The zero-order valence-corrected chi connectivity index (χ0v) is 10.3. The van der Waals surface area contributed by atoms with E-state index in [0.29, 0.717) is 15.9 Å². The number of carbonyl (C=O) groups is 1. The highest BCUT2D eigenvalue weighted by Gasteiger charge is 2.14. The Labute approximate surface area is 96.3 Å². The zero-order chi connectivity index (χ0) is 10.7. The Morgan fingerprint density at radius 1 is 1.57 bits per heavy atom. The molecule has 0 aliphatic rings. The van der Waals surface area contributed by atoms with Gasteiger partial charge >= 0.3 is 5.97 Å². The minimum Gasteiger partial charge on any atom is -0.465 e. The Balaban J connectivity index is 3.29. The number of ether oxygens (including phenoxy) is 1. The van der Waals surface area contributed by atoms with Crippen LogP contribution in [0.25, 0.3) is 0 Å². The molecule has 0 spiro atoms. The van der Waals surface area contributed by atoms with Gasteiger partial charge in [-0.3, -0.25) is 0 Å². The highest BCUT2D eigenvalue weighted by atomic mass is 79.9. The van der Waals surface area contributed by atoms with Crippen LogP contribution in [0.2, 0.25) is 5.02 Å². The standard InChI is InChI=1S/C10H10BrClO2/c1-6-3-7(5-11)9(12)8(4-6)10(13)14-2/h3-4H,5H2,1-2H3. The van der Waals surface area contributed by atoms with Crippen LogP contribution in [0, 0.1) is 6.92 Å². The highest BCUT2D eigenvalue weighted by Crippen LogP contribution is 2.25. The molecule has 1 aromatic rings. The van der Waals surface area contributed by atoms with Crippen molar-refractivity contribution < 1.29 is 9.53 Å². The van der Waals surface area contributed by atoms with Crippen LogP contribution in [0.5, 0.6) is 0 Å². The van der Waals surface area contributed by atoms with Crippen molar-refractivity contribution in [2.24, 2.45) is 0 Å². The van der Waals surface area contributed by atoms with E-state index in [1.807, 2.05) is 13.0 Å². The molecule has 0 fully saturated rings. The summed E-state index contributed by atoms with van der Waals surface area (Å²) < 4.78 is 4.63. The van der Waals surface area contributed by atoms with E-state index in [1.54, 1.807) is 6.07 Å². The lowest BCUT2D eigenvalue weighted by Gasteiger charge is -2.07. The smallest absolute Gasteiger partial charge is 0.339 e. The monoisotopic (exact) mass is 276 g/mol. The lowest BCUT2D eigenvalue weighted by molar-refractivity contribution is 0.0600. The number of hydrogen-bond donors (Lipinski definition) is 0. The van der Waals surface area contributed by atoms with E-state index in [0.717, 1.165) is 11.1 Å². The van der Waals surface area contributed by atoms with Gasteiger partial charge in [-0.2, -0.15) is 0 Å². The largest absolute Gasteiger partial charge is 0.465 e. The van der Waals surface area contributed by atoms with Crippen LogP contribution in [0.15, 0.2) is 12.1 Å². The average molecular weight is 278 g/mol. The lowest BCUT2D eigenvalue weighted by Crippen LogP contribution is -2.04. The number of alkyl halides is 1. The lowest BCUT2D eigenvalue weighted by atomic mass is 10.1. The van der Waals surface area contributed by atoms with Crippen molar-refractivity contribution in [3.05, 3.63) is 33.8 Å². The fraction of sp³-hybridized carbons (Fsp3) is 0.300. The van der Waals surface area contributed by atoms with Crippen LogP contribution in [-0.2, 0) is 10.1 Å². The van der Waals surface area contributed by atoms with Gasteiger partial charge in [0.1, 0.15) is 0 Å². The van der Waals surface area contributed by atoms with E-state index in [9.17, 15) is 4.79 Å².